The van der Waals surface area contributed by atoms with Crippen LogP contribution in [0, 0.1) is 17.6 Å². The van der Waals surface area contributed by atoms with Crippen molar-refractivity contribution in [2.24, 2.45) is 5.92 Å². The van der Waals surface area contributed by atoms with Crippen molar-refractivity contribution < 1.29 is 8.78 Å². The van der Waals surface area contributed by atoms with Crippen LogP contribution in [0.25, 0.3) is 0 Å². The topological polar surface area (TPSA) is 12.0 Å². The van der Waals surface area contributed by atoms with E-state index in [4.69, 9.17) is 0 Å². The molecule has 17 heavy (non-hydrogen) atoms. The van der Waals surface area contributed by atoms with Gasteiger partial charge in [-0.3, -0.25) is 0 Å². The maximum absolute atomic E-state index is 13.5. The molecule has 3 heteroatoms. The van der Waals surface area contributed by atoms with Gasteiger partial charge in [-0.2, -0.15) is 0 Å². The second-order valence-electron chi connectivity index (χ2n) is 4.73. The van der Waals surface area contributed by atoms with E-state index in [9.17, 15) is 8.78 Å². The van der Waals surface area contributed by atoms with Crippen LogP contribution < -0.4 is 5.32 Å². The molecule has 0 radical (unpaired) electrons. The van der Waals surface area contributed by atoms with E-state index in [0.717, 1.165) is 12.5 Å². The summed E-state index contributed by atoms with van der Waals surface area (Å²) in [5.41, 5.74) is 0.389. The molecule has 1 aromatic carbocycles. The normalized spacial score (nSPS) is 16.6. The van der Waals surface area contributed by atoms with Gasteiger partial charge in [0.15, 0.2) is 0 Å². The van der Waals surface area contributed by atoms with Gasteiger partial charge in [-0.15, -0.1) is 0 Å². The lowest BCUT2D eigenvalue weighted by atomic mass is 9.98. The van der Waals surface area contributed by atoms with Gasteiger partial charge in [0.05, 0.1) is 0 Å². The molecule has 0 saturated heterocycles. The van der Waals surface area contributed by atoms with E-state index in [2.05, 4.69) is 26.1 Å². The number of hydrogen-bond acceptors (Lipinski definition) is 1. The van der Waals surface area contributed by atoms with Crippen LogP contribution in [0.1, 0.15) is 45.7 Å². The first-order valence-electron chi connectivity index (χ1n) is 6.16. The van der Waals surface area contributed by atoms with Gasteiger partial charge in [0.25, 0.3) is 0 Å². The minimum absolute atomic E-state index is 0.185. The van der Waals surface area contributed by atoms with E-state index < -0.39 is 5.82 Å². The van der Waals surface area contributed by atoms with E-state index in [1.54, 1.807) is 0 Å². The molecule has 0 saturated carbocycles. The Balaban J connectivity index is 2.75. The van der Waals surface area contributed by atoms with Gasteiger partial charge in [-0.1, -0.05) is 20.3 Å². The summed E-state index contributed by atoms with van der Waals surface area (Å²) in [6.45, 7) is 8.20. The fourth-order valence-corrected chi connectivity index (χ4v) is 1.85. The lowest BCUT2D eigenvalue weighted by Crippen LogP contribution is -2.34. The Bertz CT molecular complexity index is 365. The van der Waals surface area contributed by atoms with Gasteiger partial charge in [-0.25, -0.2) is 8.78 Å². The summed E-state index contributed by atoms with van der Waals surface area (Å²) < 4.78 is 26.6. The number of hydrogen-bond donors (Lipinski definition) is 1. The lowest BCUT2D eigenvalue weighted by molar-refractivity contribution is 0.355. The molecule has 0 aromatic heterocycles. The minimum atomic E-state index is -0.397. The van der Waals surface area contributed by atoms with E-state index in [0.29, 0.717) is 11.5 Å². The van der Waals surface area contributed by atoms with E-state index in [1.165, 1.54) is 12.1 Å². The summed E-state index contributed by atoms with van der Waals surface area (Å²) in [7, 11) is 0. The number of halogens is 2. The zero-order valence-corrected chi connectivity index (χ0v) is 10.9. The molecular weight excluding hydrogens is 220 g/mol. The minimum Gasteiger partial charge on any atom is -0.307 e. The quantitative estimate of drug-likeness (QED) is 0.820. The van der Waals surface area contributed by atoms with Crippen molar-refractivity contribution in [1.82, 2.24) is 5.32 Å². The second kappa shape index (κ2) is 6.10. The summed E-state index contributed by atoms with van der Waals surface area (Å²) in [6, 6.07) is 3.67. The largest absolute Gasteiger partial charge is 0.307 e. The zero-order chi connectivity index (χ0) is 13.0. The van der Waals surface area contributed by atoms with Gasteiger partial charge < -0.3 is 5.32 Å². The summed E-state index contributed by atoms with van der Waals surface area (Å²) in [6.07, 6.45) is 1.06. The monoisotopic (exact) mass is 241 g/mol. The molecule has 0 bridgehead atoms. The van der Waals surface area contributed by atoms with E-state index in [1.807, 2.05) is 6.92 Å². The van der Waals surface area contributed by atoms with Gasteiger partial charge in [0.1, 0.15) is 11.6 Å². The first-order valence-corrected chi connectivity index (χ1v) is 6.16. The zero-order valence-electron chi connectivity index (χ0n) is 10.9. The van der Waals surface area contributed by atoms with Gasteiger partial charge in [-0.05, 0) is 38.0 Å². The summed E-state index contributed by atoms with van der Waals surface area (Å²) in [4.78, 5) is 0. The molecular formula is C14H21F2N. The summed E-state index contributed by atoms with van der Waals surface area (Å²) in [5, 5.41) is 3.31. The maximum Gasteiger partial charge on any atom is 0.128 e. The Hall–Kier alpha value is -0.960. The van der Waals surface area contributed by atoms with Gasteiger partial charge in [0, 0.05) is 17.6 Å². The first kappa shape index (κ1) is 14.1. The van der Waals surface area contributed by atoms with Gasteiger partial charge in [0.2, 0.25) is 0 Å². The third-order valence-electron chi connectivity index (χ3n) is 3.43. The smallest absolute Gasteiger partial charge is 0.128 e. The molecule has 1 nitrogen and oxygen atoms in total. The SMILES string of the molecule is CCC(C)C(C)NC(C)c1cc(F)ccc1F. The molecule has 0 amide bonds. The molecule has 0 heterocycles. The van der Waals surface area contributed by atoms with Crippen molar-refractivity contribution in [1.29, 1.82) is 0 Å². The van der Waals surface area contributed by atoms with Crippen LogP contribution in [-0.4, -0.2) is 6.04 Å². The summed E-state index contributed by atoms with van der Waals surface area (Å²) in [5.74, 6) is -0.247. The average molecular weight is 241 g/mol. The molecule has 0 aliphatic heterocycles. The predicted octanol–water partition coefficient (Wildman–Crippen LogP) is 4.05. The average Bonchev–Trinajstić information content (AvgIpc) is 2.30. The van der Waals surface area contributed by atoms with Crippen LogP contribution in [0.2, 0.25) is 0 Å². The van der Waals surface area contributed by atoms with Crippen molar-refractivity contribution in [2.45, 2.75) is 46.2 Å². The Morgan fingerprint density at radius 3 is 2.41 bits per heavy atom. The fraction of sp³-hybridized carbons (Fsp3) is 0.571. The Morgan fingerprint density at radius 1 is 1.18 bits per heavy atom. The Morgan fingerprint density at radius 2 is 1.82 bits per heavy atom. The highest BCUT2D eigenvalue weighted by atomic mass is 19.1. The third-order valence-corrected chi connectivity index (χ3v) is 3.43. The first-order chi connectivity index (χ1) is 7.95. The molecule has 1 rings (SSSR count). The molecule has 0 aliphatic rings. The maximum atomic E-state index is 13.5. The number of nitrogens with one attached hydrogen (secondary N) is 1. The highest BCUT2D eigenvalue weighted by Crippen LogP contribution is 2.20. The third kappa shape index (κ3) is 3.77. The molecule has 96 valence electrons. The molecule has 0 aliphatic carbocycles. The van der Waals surface area contributed by atoms with Crippen LogP contribution in [-0.2, 0) is 0 Å². The Labute approximate surface area is 102 Å². The highest BCUT2D eigenvalue weighted by Gasteiger charge is 2.17. The van der Waals surface area contributed by atoms with Crippen molar-refractivity contribution >= 4 is 0 Å². The van der Waals surface area contributed by atoms with E-state index >= 15 is 0 Å². The molecule has 0 fully saturated rings. The molecule has 0 spiro atoms. The van der Waals surface area contributed by atoms with Crippen molar-refractivity contribution in [3.63, 3.8) is 0 Å². The van der Waals surface area contributed by atoms with Gasteiger partial charge >= 0.3 is 0 Å². The Kier molecular flexibility index (Phi) is 5.06. The van der Waals surface area contributed by atoms with Crippen LogP contribution in [0.5, 0.6) is 0 Å². The molecule has 1 aromatic rings. The molecule has 3 atom stereocenters. The van der Waals surface area contributed by atoms with Crippen LogP contribution >= 0.6 is 0 Å². The predicted molar refractivity (Wildman–Crippen MR) is 66.8 cm³/mol. The van der Waals surface area contributed by atoms with Crippen molar-refractivity contribution in [3.05, 3.63) is 35.4 Å². The van der Waals surface area contributed by atoms with Crippen molar-refractivity contribution in [3.8, 4) is 0 Å². The number of benzene rings is 1. The van der Waals surface area contributed by atoms with E-state index in [-0.39, 0.29) is 17.9 Å². The van der Waals surface area contributed by atoms with Crippen LogP contribution in [0.4, 0.5) is 8.78 Å². The molecule has 1 N–H and O–H groups in total. The van der Waals surface area contributed by atoms with Crippen molar-refractivity contribution in [2.75, 3.05) is 0 Å². The molecule has 3 unspecified atom stereocenters. The number of rotatable bonds is 5. The second-order valence-corrected chi connectivity index (χ2v) is 4.73. The fourth-order valence-electron chi connectivity index (χ4n) is 1.85. The highest BCUT2D eigenvalue weighted by molar-refractivity contribution is 5.21. The van der Waals surface area contributed by atoms with Crippen LogP contribution in [0.3, 0.4) is 0 Å². The summed E-state index contributed by atoms with van der Waals surface area (Å²) >= 11 is 0. The standard InChI is InChI=1S/C14H21F2N/c1-5-9(2)10(3)17-11(4)13-8-12(15)6-7-14(13)16/h6-11,17H,5H2,1-4H3. The van der Waals surface area contributed by atoms with Crippen LogP contribution in [0.15, 0.2) is 18.2 Å². The lowest BCUT2D eigenvalue weighted by Gasteiger charge is -2.25.